The molecule has 0 saturated heterocycles. The first-order valence-electron chi connectivity index (χ1n) is 4.98. The lowest BCUT2D eigenvalue weighted by Gasteiger charge is -2.12. The number of hydrogen-bond acceptors (Lipinski definition) is 3. The summed E-state index contributed by atoms with van der Waals surface area (Å²) in [6.45, 7) is 0. The highest BCUT2D eigenvalue weighted by molar-refractivity contribution is 6.32. The second-order valence-electron chi connectivity index (χ2n) is 3.60. The van der Waals surface area contributed by atoms with E-state index in [0.29, 0.717) is 18.4 Å². The van der Waals surface area contributed by atoms with Crippen molar-refractivity contribution in [2.24, 2.45) is 0 Å². The summed E-state index contributed by atoms with van der Waals surface area (Å²) in [5.41, 5.74) is -3.40. The van der Waals surface area contributed by atoms with Crippen molar-refractivity contribution in [3.05, 3.63) is 41.2 Å². The second-order valence-corrected chi connectivity index (χ2v) is 3.60. The first kappa shape index (κ1) is 16.4. The van der Waals surface area contributed by atoms with Gasteiger partial charge in [-0.2, -0.15) is 26.3 Å². The summed E-state index contributed by atoms with van der Waals surface area (Å²) in [6.07, 6.45) is -8.58. The number of halogens is 6. The molecule has 110 valence electrons. The number of benzene rings is 1. The van der Waals surface area contributed by atoms with Gasteiger partial charge in [-0.05, 0) is 29.8 Å². The van der Waals surface area contributed by atoms with Gasteiger partial charge in [-0.3, -0.25) is 0 Å². The van der Waals surface area contributed by atoms with Gasteiger partial charge in [0.25, 0.3) is 0 Å². The van der Waals surface area contributed by atoms with Crippen LogP contribution in [0.25, 0.3) is 6.08 Å². The highest BCUT2D eigenvalue weighted by Crippen LogP contribution is 2.36. The molecule has 0 unspecified atom stereocenters. The van der Waals surface area contributed by atoms with Crippen LogP contribution in [0.4, 0.5) is 26.3 Å². The van der Waals surface area contributed by atoms with Crippen molar-refractivity contribution in [1.29, 1.82) is 0 Å². The molecular formula is C10H7BF6O3. The molecule has 0 spiro atoms. The zero-order valence-corrected chi connectivity index (χ0v) is 9.53. The van der Waals surface area contributed by atoms with E-state index in [-0.39, 0.29) is 6.07 Å². The molecule has 20 heavy (non-hydrogen) atoms. The minimum atomic E-state index is -4.94. The van der Waals surface area contributed by atoms with Crippen LogP contribution in [0.3, 0.4) is 0 Å². The van der Waals surface area contributed by atoms with Crippen LogP contribution in [-0.4, -0.2) is 17.4 Å². The van der Waals surface area contributed by atoms with Gasteiger partial charge < -0.3 is 14.7 Å². The molecule has 0 heterocycles. The molecule has 1 rings (SSSR count). The van der Waals surface area contributed by atoms with Crippen LogP contribution in [-0.2, 0) is 17.0 Å². The largest absolute Gasteiger partial charge is 0.707 e. The smallest absolute Gasteiger partial charge is 0.518 e. The van der Waals surface area contributed by atoms with Crippen LogP contribution in [0.5, 0.6) is 0 Å². The van der Waals surface area contributed by atoms with Gasteiger partial charge in [0.05, 0.1) is 17.4 Å². The van der Waals surface area contributed by atoms with Crippen molar-refractivity contribution in [2.75, 3.05) is 0 Å². The van der Waals surface area contributed by atoms with Crippen molar-refractivity contribution in [3.8, 4) is 0 Å². The lowest BCUT2D eigenvalue weighted by molar-refractivity contribution is -0.143. The quantitative estimate of drug-likeness (QED) is 0.512. The average molecular weight is 300 g/mol. The maximum absolute atomic E-state index is 12.5. The van der Waals surface area contributed by atoms with Gasteiger partial charge >= 0.3 is 19.7 Å². The third-order valence-corrected chi connectivity index (χ3v) is 2.07. The summed E-state index contributed by atoms with van der Waals surface area (Å²) in [5.74, 6) is 0. The molecule has 0 radical (unpaired) electrons. The van der Waals surface area contributed by atoms with Crippen LogP contribution < -0.4 is 0 Å². The molecule has 0 atom stereocenters. The van der Waals surface area contributed by atoms with E-state index < -0.39 is 36.4 Å². The Labute approximate surface area is 109 Å². The van der Waals surface area contributed by atoms with E-state index in [0.717, 1.165) is 6.08 Å². The Morgan fingerprint density at radius 1 is 0.900 bits per heavy atom. The average Bonchev–Trinajstić information content (AvgIpc) is 2.25. The highest BCUT2D eigenvalue weighted by atomic mass is 19.4. The van der Waals surface area contributed by atoms with Crippen molar-refractivity contribution in [3.63, 3.8) is 0 Å². The Bertz CT molecular complexity index is 462. The number of rotatable bonds is 3. The van der Waals surface area contributed by atoms with E-state index in [2.05, 4.69) is 4.65 Å². The fraction of sp³-hybridized carbons (Fsp3) is 0.200. The molecule has 0 bridgehead atoms. The van der Waals surface area contributed by atoms with Crippen LogP contribution in [0.1, 0.15) is 16.7 Å². The van der Waals surface area contributed by atoms with Crippen LogP contribution in [0, 0.1) is 0 Å². The van der Waals surface area contributed by atoms with Gasteiger partial charge in [0.15, 0.2) is 0 Å². The number of alkyl halides is 6. The molecule has 0 saturated carbocycles. The molecule has 3 nitrogen and oxygen atoms in total. The first-order chi connectivity index (χ1) is 9.00. The highest BCUT2D eigenvalue weighted by Gasteiger charge is 2.36. The van der Waals surface area contributed by atoms with E-state index in [1.165, 1.54) is 0 Å². The monoisotopic (exact) mass is 300 g/mol. The van der Waals surface area contributed by atoms with Crippen molar-refractivity contribution < 1.29 is 41.0 Å². The normalized spacial score (nSPS) is 12.8. The molecule has 0 aliphatic rings. The molecule has 2 N–H and O–H groups in total. The predicted octanol–water partition coefficient (Wildman–Crippen LogP) is 2.68. The lowest BCUT2D eigenvalue weighted by Crippen LogP contribution is -2.12. The molecule has 10 heteroatoms. The Morgan fingerprint density at radius 2 is 1.35 bits per heavy atom. The Kier molecular flexibility index (Phi) is 4.71. The van der Waals surface area contributed by atoms with Gasteiger partial charge in [-0.25, -0.2) is 0 Å². The number of hydrogen-bond donors (Lipinski definition) is 2. The molecule has 0 aliphatic heterocycles. The van der Waals surface area contributed by atoms with Crippen molar-refractivity contribution in [2.45, 2.75) is 12.4 Å². The second kappa shape index (κ2) is 5.75. The summed E-state index contributed by atoms with van der Waals surface area (Å²) in [5, 5.41) is 16.6. The van der Waals surface area contributed by atoms with Gasteiger partial charge in [0, 0.05) is 0 Å². The molecule has 0 aromatic heterocycles. The van der Waals surface area contributed by atoms with Gasteiger partial charge in [-0.15, -0.1) is 0 Å². The molecule has 0 fully saturated rings. The van der Waals surface area contributed by atoms with E-state index in [1.807, 2.05) is 0 Å². The SMILES string of the molecule is OB(O)OC=Cc1cc(C(F)(F)F)cc(C(F)(F)F)c1. The van der Waals surface area contributed by atoms with E-state index >= 15 is 0 Å². The van der Waals surface area contributed by atoms with Crippen LogP contribution in [0.2, 0.25) is 0 Å². The maximum Gasteiger partial charge on any atom is 0.707 e. The van der Waals surface area contributed by atoms with Crippen molar-refractivity contribution in [1.82, 2.24) is 0 Å². The summed E-state index contributed by atoms with van der Waals surface area (Å²) in [4.78, 5) is 0. The van der Waals surface area contributed by atoms with Gasteiger partial charge in [0.1, 0.15) is 0 Å². The summed E-state index contributed by atoms with van der Waals surface area (Å²) >= 11 is 0. The Hall–Kier alpha value is -1.68. The minimum absolute atomic E-state index is 0.0148. The zero-order chi connectivity index (χ0) is 15.6. The van der Waals surface area contributed by atoms with E-state index in [1.54, 1.807) is 0 Å². The lowest BCUT2D eigenvalue weighted by atomic mass is 10.0. The van der Waals surface area contributed by atoms with Gasteiger partial charge in [-0.1, -0.05) is 0 Å². The molecule has 1 aromatic carbocycles. The van der Waals surface area contributed by atoms with Crippen LogP contribution >= 0.6 is 0 Å². The molecule has 1 aromatic rings. The Balaban J connectivity index is 3.21. The standard InChI is InChI=1S/C10H7BF6O3/c12-9(13,14)7-3-6(1-2-20-11(18)19)4-8(5-7)10(15,16)17/h1-5,18-19H. The summed E-state index contributed by atoms with van der Waals surface area (Å²) < 4.78 is 79.0. The Morgan fingerprint density at radius 3 is 1.70 bits per heavy atom. The topological polar surface area (TPSA) is 49.7 Å². The zero-order valence-electron chi connectivity index (χ0n) is 9.53. The van der Waals surface area contributed by atoms with E-state index in [9.17, 15) is 26.3 Å². The summed E-state index contributed by atoms with van der Waals surface area (Å²) in [7, 11) is -2.22. The summed E-state index contributed by atoms with van der Waals surface area (Å²) in [6, 6.07) is 0.927. The third kappa shape index (κ3) is 4.78. The van der Waals surface area contributed by atoms with Gasteiger partial charge in [0.2, 0.25) is 0 Å². The molecule has 0 amide bonds. The molecular weight excluding hydrogens is 293 g/mol. The molecule has 0 aliphatic carbocycles. The van der Waals surface area contributed by atoms with E-state index in [4.69, 9.17) is 10.0 Å². The fourth-order valence-electron chi connectivity index (χ4n) is 1.26. The maximum atomic E-state index is 12.5. The predicted molar refractivity (Wildman–Crippen MR) is 56.8 cm³/mol. The van der Waals surface area contributed by atoms with Crippen LogP contribution in [0.15, 0.2) is 24.5 Å². The minimum Gasteiger partial charge on any atom is -0.518 e. The first-order valence-corrected chi connectivity index (χ1v) is 4.98. The fourth-order valence-corrected chi connectivity index (χ4v) is 1.26. The third-order valence-electron chi connectivity index (χ3n) is 2.07. The van der Waals surface area contributed by atoms with Crippen molar-refractivity contribution >= 4 is 13.4 Å².